The van der Waals surface area contributed by atoms with E-state index >= 15 is 0 Å². The molecule has 0 aliphatic carbocycles. The average Bonchev–Trinajstić information content (AvgIpc) is 2.65. The zero-order chi connectivity index (χ0) is 14.6. The highest BCUT2D eigenvalue weighted by molar-refractivity contribution is 5.92. The molecule has 0 spiro atoms. The highest BCUT2D eigenvalue weighted by Gasteiger charge is 2.17. The van der Waals surface area contributed by atoms with Gasteiger partial charge in [0.2, 0.25) is 0 Å². The van der Waals surface area contributed by atoms with Crippen molar-refractivity contribution in [3.05, 3.63) is 23.2 Å². The van der Waals surface area contributed by atoms with Gasteiger partial charge >= 0.3 is 5.97 Å². The van der Waals surface area contributed by atoms with Gasteiger partial charge in [-0.15, -0.1) is 0 Å². The van der Waals surface area contributed by atoms with Gasteiger partial charge < -0.3 is 14.5 Å². The van der Waals surface area contributed by atoms with Crippen LogP contribution in [0.2, 0.25) is 0 Å². The molecule has 0 aliphatic rings. The first-order chi connectivity index (χ1) is 8.81. The summed E-state index contributed by atoms with van der Waals surface area (Å²) in [7, 11) is 0. The largest absolute Gasteiger partial charge is 0.466 e. The highest BCUT2D eigenvalue weighted by Crippen LogP contribution is 2.14. The van der Waals surface area contributed by atoms with Gasteiger partial charge in [-0.2, -0.15) is 0 Å². The lowest BCUT2D eigenvalue weighted by Crippen LogP contribution is -2.38. The summed E-state index contributed by atoms with van der Waals surface area (Å²) in [4.78, 5) is 23.3. The molecule has 1 rings (SSSR count). The van der Waals surface area contributed by atoms with Crippen LogP contribution in [0.25, 0.3) is 0 Å². The Morgan fingerprint density at radius 2 is 1.95 bits per heavy atom. The third-order valence-corrected chi connectivity index (χ3v) is 2.98. The topological polar surface area (TPSA) is 68.5 Å². The maximum absolute atomic E-state index is 11.7. The SMILES string of the molecule is Cc1cc(C(=O)OCC(=O)N[C@H](C)C(C)C)c(C)o1. The van der Waals surface area contributed by atoms with Crippen molar-refractivity contribution in [2.75, 3.05) is 6.61 Å². The molecule has 106 valence electrons. The molecule has 1 amide bonds. The lowest BCUT2D eigenvalue weighted by molar-refractivity contribution is -0.125. The second-order valence-electron chi connectivity index (χ2n) is 5.00. The van der Waals surface area contributed by atoms with Crippen LogP contribution in [0.3, 0.4) is 0 Å². The minimum atomic E-state index is -0.540. The number of amides is 1. The van der Waals surface area contributed by atoms with Gasteiger partial charge in [-0.05, 0) is 32.8 Å². The Kier molecular flexibility index (Phi) is 5.15. The monoisotopic (exact) mass is 267 g/mol. The minimum absolute atomic E-state index is 0.0455. The van der Waals surface area contributed by atoms with Crippen LogP contribution in [0.15, 0.2) is 10.5 Å². The van der Waals surface area contributed by atoms with Crippen molar-refractivity contribution in [3.8, 4) is 0 Å². The highest BCUT2D eigenvalue weighted by atomic mass is 16.5. The third-order valence-electron chi connectivity index (χ3n) is 2.98. The number of aryl methyl sites for hydroxylation is 2. The van der Waals surface area contributed by atoms with E-state index in [1.165, 1.54) is 0 Å². The van der Waals surface area contributed by atoms with E-state index in [2.05, 4.69) is 5.32 Å². The van der Waals surface area contributed by atoms with E-state index in [4.69, 9.17) is 9.15 Å². The first-order valence-corrected chi connectivity index (χ1v) is 6.34. The summed E-state index contributed by atoms with van der Waals surface area (Å²) < 4.78 is 10.2. The molecule has 1 N–H and O–H groups in total. The van der Waals surface area contributed by atoms with Crippen LogP contribution < -0.4 is 5.32 Å². The molecule has 1 heterocycles. The molecular weight excluding hydrogens is 246 g/mol. The van der Waals surface area contributed by atoms with E-state index in [9.17, 15) is 9.59 Å². The second kappa shape index (κ2) is 6.41. The number of furan rings is 1. The molecule has 5 heteroatoms. The van der Waals surface area contributed by atoms with E-state index in [-0.39, 0.29) is 18.6 Å². The Bertz CT molecular complexity index is 462. The number of hydrogen-bond acceptors (Lipinski definition) is 4. The van der Waals surface area contributed by atoms with Crippen LogP contribution in [0, 0.1) is 19.8 Å². The van der Waals surface area contributed by atoms with Crippen molar-refractivity contribution in [2.45, 2.75) is 40.7 Å². The number of rotatable bonds is 5. The van der Waals surface area contributed by atoms with E-state index in [1.54, 1.807) is 19.9 Å². The van der Waals surface area contributed by atoms with Gasteiger partial charge in [0.15, 0.2) is 6.61 Å². The molecule has 19 heavy (non-hydrogen) atoms. The molecule has 1 atom stereocenters. The van der Waals surface area contributed by atoms with E-state index in [0.717, 1.165) is 0 Å². The number of carbonyl (C=O) groups is 2. The molecule has 1 aromatic rings. The average molecular weight is 267 g/mol. The number of esters is 1. The van der Waals surface area contributed by atoms with Gasteiger partial charge in [-0.3, -0.25) is 4.79 Å². The van der Waals surface area contributed by atoms with Crippen molar-refractivity contribution in [2.24, 2.45) is 5.92 Å². The molecule has 0 radical (unpaired) electrons. The fourth-order valence-electron chi connectivity index (χ4n) is 1.50. The zero-order valence-electron chi connectivity index (χ0n) is 12.1. The molecule has 0 bridgehead atoms. The summed E-state index contributed by atoms with van der Waals surface area (Å²) in [6, 6.07) is 1.65. The van der Waals surface area contributed by atoms with Gasteiger partial charge in [0.05, 0.1) is 0 Å². The lowest BCUT2D eigenvalue weighted by atomic mass is 10.1. The quantitative estimate of drug-likeness (QED) is 0.830. The van der Waals surface area contributed by atoms with Crippen LogP contribution in [0.4, 0.5) is 0 Å². The Balaban J connectivity index is 2.47. The van der Waals surface area contributed by atoms with Crippen molar-refractivity contribution >= 4 is 11.9 Å². The molecule has 0 fully saturated rings. The molecule has 0 aromatic carbocycles. The third kappa shape index (κ3) is 4.43. The minimum Gasteiger partial charge on any atom is -0.466 e. The van der Waals surface area contributed by atoms with Crippen LogP contribution in [0.5, 0.6) is 0 Å². The summed E-state index contributed by atoms with van der Waals surface area (Å²) in [6.45, 7) is 9.09. The summed E-state index contributed by atoms with van der Waals surface area (Å²) in [5.74, 6) is 0.633. The van der Waals surface area contributed by atoms with Gasteiger partial charge in [0.25, 0.3) is 5.91 Å². The summed E-state index contributed by atoms with van der Waals surface area (Å²) >= 11 is 0. The number of nitrogens with one attached hydrogen (secondary N) is 1. The first-order valence-electron chi connectivity index (χ1n) is 6.34. The van der Waals surface area contributed by atoms with Gasteiger partial charge in [-0.25, -0.2) is 4.79 Å². The normalized spacial score (nSPS) is 12.3. The Morgan fingerprint density at radius 3 is 2.42 bits per heavy atom. The summed E-state index contributed by atoms with van der Waals surface area (Å²) in [5.41, 5.74) is 0.363. The molecule has 0 unspecified atom stereocenters. The van der Waals surface area contributed by atoms with Crippen molar-refractivity contribution in [1.82, 2.24) is 5.32 Å². The lowest BCUT2D eigenvalue weighted by Gasteiger charge is -2.17. The maximum Gasteiger partial charge on any atom is 0.342 e. The molecule has 0 saturated heterocycles. The second-order valence-corrected chi connectivity index (χ2v) is 5.00. The fourth-order valence-corrected chi connectivity index (χ4v) is 1.50. The fraction of sp³-hybridized carbons (Fsp3) is 0.571. The Morgan fingerprint density at radius 1 is 1.32 bits per heavy atom. The Hall–Kier alpha value is -1.78. The number of ether oxygens (including phenoxy) is 1. The van der Waals surface area contributed by atoms with Crippen LogP contribution in [-0.4, -0.2) is 24.5 Å². The van der Waals surface area contributed by atoms with Gasteiger partial charge in [-0.1, -0.05) is 13.8 Å². The smallest absolute Gasteiger partial charge is 0.342 e. The summed E-state index contributed by atoms with van der Waals surface area (Å²) in [5, 5.41) is 2.77. The van der Waals surface area contributed by atoms with Gasteiger partial charge in [0, 0.05) is 6.04 Å². The predicted molar refractivity (Wildman–Crippen MR) is 70.9 cm³/mol. The van der Waals surface area contributed by atoms with E-state index < -0.39 is 5.97 Å². The van der Waals surface area contributed by atoms with Crippen molar-refractivity contribution < 1.29 is 18.7 Å². The molecule has 0 saturated carbocycles. The molecule has 1 aromatic heterocycles. The van der Waals surface area contributed by atoms with Crippen LogP contribution in [-0.2, 0) is 9.53 Å². The van der Waals surface area contributed by atoms with Crippen LogP contribution in [0.1, 0.15) is 42.6 Å². The molecular formula is C14H21NO4. The van der Waals surface area contributed by atoms with Gasteiger partial charge in [0.1, 0.15) is 17.1 Å². The van der Waals surface area contributed by atoms with E-state index in [0.29, 0.717) is 23.0 Å². The van der Waals surface area contributed by atoms with Crippen LogP contribution >= 0.6 is 0 Å². The number of carbonyl (C=O) groups excluding carboxylic acids is 2. The first kappa shape index (κ1) is 15.3. The van der Waals surface area contributed by atoms with Crippen molar-refractivity contribution in [3.63, 3.8) is 0 Å². The zero-order valence-corrected chi connectivity index (χ0v) is 12.1. The predicted octanol–water partition coefficient (Wildman–Crippen LogP) is 2.21. The number of hydrogen-bond donors (Lipinski definition) is 1. The summed E-state index contributed by atoms with van der Waals surface area (Å²) in [6.07, 6.45) is 0. The van der Waals surface area contributed by atoms with Crippen molar-refractivity contribution in [1.29, 1.82) is 0 Å². The molecule has 5 nitrogen and oxygen atoms in total. The molecule has 0 aliphatic heterocycles. The Labute approximate surface area is 113 Å². The standard InChI is InChI=1S/C14H21NO4/c1-8(2)10(4)15-13(16)7-18-14(17)12-6-9(3)19-11(12)5/h6,8,10H,7H2,1-5H3,(H,15,16)/t10-/m1/s1. The van der Waals surface area contributed by atoms with E-state index in [1.807, 2.05) is 20.8 Å². The maximum atomic E-state index is 11.7.